The molecule has 0 bridgehead atoms. The van der Waals surface area contributed by atoms with Gasteiger partial charge in [-0.1, -0.05) is 0 Å². The molecule has 0 fully saturated rings. The molecular formula is C11H20O6. The van der Waals surface area contributed by atoms with Gasteiger partial charge in [0, 0.05) is 20.3 Å². The third-order valence-corrected chi connectivity index (χ3v) is 1.88. The fourth-order valence-electron chi connectivity index (χ4n) is 1.17. The minimum absolute atomic E-state index is 0.128. The fraction of sp³-hybridized carbons (Fsp3) is 0.818. The Hall–Kier alpha value is -1.14. The zero-order valence-electron chi connectivity index (χ0n) is 10.5. The molecule has 0 heterocycles. The summed E-state index contributed by atoms with van der Waals surface area (Å²) in [5.74, 6) is -0.786. The van der Waals surface area contributed by atoms with Gasteiger partial charge < -0.3 is 19.3 Å². The van der Waals surface area contributed by atoms with Crippen molar-refractivity contribution in [3.63, 3.8) is 0 Å². The van der Waals surface area contributed by atoms with Gasteiger partial charge in [-0.25, -0.2) is 0 Å². The Morgan fingerprint density at radius 2 is 1.76 bits per heavy atom. The van der Waals surface area contributed by atoms with E-state index in [4.69, 9.17) is 19.3 Å². The second-order valence-electron chi connectivity index (χ2n) is 3.70. The van der Waals surface area contributed by atoms with Gasteiger partial charge in [-0.2, -0.15) is 0 Å². The maximum atomic E-state index is 10.6. The molecule has 17 heavy (non-hydrogen) atoms. The number of carbonyl (C=O) groups is 2. The zero-order chi connectivity index (χ0) is 13.3. The van der Waals surface area contributed by atoms with Crippen LogP contribution in [0.4, 0.5) is 0 Å². The number of aliphatic hydroxyl groups excluding tert-OH is 1. The predicted molar refractivity (Wildman–Crippen MR) is 59.3 cm³/mol. The minimum atomic E-state index is -0.642. The largest absolute Gasteiger partial charge is 0.463 e. The van der Waals surface area contributed by atoms with Crippen molar-refractivity contribution in [2.75, 3.05) is 19.8 Å². The summed E-state index contributed by atoms with van der Waals surface area (Å²) in [5.41, 5.74) is 0. The van der Waals surface area contributed by atoms with E-state index in [9.17, 15) is 9.59 Å². The zero-order valence-corrected chi connectivity index (χ0v) is 10.5. The highest BCUT2D eigenvalue weighted by atomic mass is 16.6. The lowest BCUT2D eigenvalue weighted by Gasteiger charge is -2.16. The minimum Gasteiger partial charge on any atom is -0.463 e. The predicted octanol–water partition coefficient (Wildman–Crippen LogP) is 0.269. The van der Waals surface area contributed by atoms with Crippen molar-refractivity contribution in [3.05, 3.63) is 0 Å². The number of aliphatic hydroxyl groups is 1. The molecule has 0 aromatic rings. The first kappa shape index (κ1) is 15.9. The number of rotatable bonds is 8. The molecule has 0 spiro atoms. The summed E-state index contributed by atoms with van der Waals surface area (Å²) in [6, 6.07) is 0. The van der Waals surface area contributed by atoms with Gasteiger partial charge in [0.2, 0.25) is 0 Å². The highest BCUT2D eigenvalue weighted by Gasteiger charge is 2.11. The van der Waals surface area contributed by atoms with Gasteiger partial charge >= 0.3 is 11.9 Å². The highest BCUT2D eigenvalue weighted by molar-refractivity contribution is 5.66. The van der Waals surface area contributed by atoms with Crippen LogP contribution in [0, 0.1) is 0 Å². The summed E-state index contributed by atoms with van der Waals surface area (Å²) in [6.45, 7) is 4.60. The van der Waals surface area contributed by atoms with Crippen LogP contribution in [-0.2, 0) is 23.8 Å². The van der Waals surface area contributed by atoms with E-state index in [1.807, 2.05) is 0 Å². The SMILES string of the molecule is CC(=O)O[C@H](CO)COCC[C@@H](C)OC(C)=O. The van der Waals surface area contributed by atoms with Gasteiger partial charge in [-0.3, -0.25) is 9.59 Å². The molecule has 2 atom stereocenters. The summed E-state index contributed by atoms with van der Waals surface area (Å²) in [7, 11) is 0. The van der Waals surface area contributed by atoms with E-state index in [2.05, 4.69) is 0 Å². The van der Waals surface area contributed by atoms with E-state index in [0.717, 1.165) is 0 Å². The van der Waals surface area contributed by atoms with Crippen LogP contribution >= 0.6 is 0 Å². The average Bonchev–Trinajstić information content (AvgIpc) is 2.20. The number of esters is 2. The van der Waals surface area contributed by atoms with Gasteiger partial charge in [0.05, 0.1) is 19.8 Å². The molecule has 0 rings (SSSR count). The van der Waals surface area contributed by atoms with Crippen molar-refractivity contribution >= 4 is 11.9 Å². The summed E-state index contributed by atoms with van der Waals surface area (Å²) < 4.78 is 14.9. The molecule has 0 saturated heterocycles. The molecule has 0 amide bonds. The fourth-order valence-corrected chi connectivity index (χ4v) is 1.17. The lowest BCUT2D eigenvalue weighted by Crippen LogP contribution is -2.27. The van der Waals surface area contributed by atoms with Crippen LogP contribution in [0.3, 0.4) is 0 Å². The van der Waals surface area contributed by atoms with Crippen LogP contribution in [0.5, 0.6) is 0 Å². The molecule has 0 aliphatic heterocycles. The van der Waals surface area contributed by atoms with Crippen LogP contribution in [0.1, 0.15) is 27.2 Å². The van der Waals surface area contributed by atoms with E-state index in [1.54, 1.807) is 6.92 Å². The third kappa shape index (κ3) is 9.77. The summed E-state index contributed by atoms with van der Waals surface area (Å²) >= 11 is 0. The molecule has 0 unspecified atom stereocenters. The second kappa shape index (κ2) is 8.95. The Morgan fingerprint density at radius 1 is 1.18 bits per heavy atom. The normalized spacial score (nSPS) is 13.9. The second-order valence-corrected chi connectivity index (χ2v) is 3.70. The molecule has 0 aliphatic carbocycles. The van der Waals surface area contributed by atoms with Crippen LogP contribution in [0.2, 0.25) is 0 Å². The van der Waals surface area contributed by atoms with E-state index in [-0.39, 0.29) is 25.3 Å². The molecular weight excluding hydrogens is 228 g/mol. The van der Waals surface area contributed by atoms with Crippen molar-refractivity contribution in [1.82, 2.24) is 0 Å². The first-order valence-corrected chi connectivity index (χ1v) is 5.48. The molecule has 1 N–H and O–H groups in total. The van der Waals surface area contributed by atoms with Crippen molar-refractivity contribution in [1.29, 1.82) is 0 Å². The van der Waals surface area contributed by atoms with Crippen molar-refractivity contribution in [3.8, 4) is 0 Å². The van der Waals surface area contributed by atoms with Crippen molar-refractivity contribution in [2.45, 2.75) is 39.4 Å². The van der Waals surface area contributed by atoms with Gasteiger partial charge in [0.15, 0.2) is 0 Å². The Balaban J connectivity index is 3.61. The smallest absolute Gasteiger partial charge is 0.303 e. The monoisotopic (exact) mass is 248 g/mol. The van der Waals surface area contributed by atoms with E-state index < -0.39 is 12.1 Å². The molecule has 6 heteroatoms. The number of hydrogen-bond donors (Lipinski definition) is 1. The van der Waals surface area contributed by atoms with Gasteiger partial charge in [-0.15, -0.1) is 0 Å². The van der Waals surface area contributed by atoms with E-state index in [1.165, 1.54) is 13.8 Å². The standard InChI is InChI=1S/C11H20O6/c1-8(16-9(2)13)4-5-15-7-11(6-12)17-10(3)14/h8,11-12H,4-7H2,1-3H3/t8-,11-/m1/s1. The lowest BCUT2D eigenvalue weighted by molar-refractivity contribution is -0.153. The first-order chi connectivity index (χ1) is 7.95. The molecule has 0 aliphatic rings. The number of carbonyl (C=O) groups excluding carboxylic acids is 2. The highest BCUT2D eigenvalue weighted by Crippen LogP contribution is 2.00. The Labute approximate surface area is 101 Å². The molecule has 6 nitrogen and oxygen atoms in total. The molecule has 100 valence electrons. The summed E-state index contributed by atoms with van der Waals surface area (Å²) in [6.07, 6.45) is -0.303. The number of ether oxygens (including phenoxy) is 3. The first-order valence-electron chi connectivity index (χ1n) is 5.48. The maximum absolute atomic E-state index is 10.6. The van der Waals surface area contributed by atoms with Gasteiger partial charge in [-0.05, 0) is 6.92 Å². The quantitative estimate of drug-likeness (QED) is 0.490. The van der Waals surface area contributed by atoms with Crippen LogP contribution in [0.25, 0.3) is 0 Å². The van der Waals surface area contributed by atoms with Gasteiger partial charge in [0.1, 0.15) is 12.2 Å². The van der Waals surface area contributed by atoms with Gasteiger partial charge in [0.25, 0.3) is 0 Å². The van der Waals surface area contributed by atoms with Crippen molar-refractivity contribution < 1.29 is 28.9 Å². The number of hydrogen-bond acceptors (Lipinski definition) is 6. The molecule has 0 saturated carbocycles. The average molecular weight is 248 g/mol. The summed E-state index contributed by atoms with van der Waals surface area (Å²) in [4.78, 5) is 21.2. The van der Waals surface area contributed by atoms with E-state index >= 15 is 0 Å². The maximum Gasteiger partial charge on any atom is 0.303 e. The molecule has 0 aromatic heterocycles. The van der Waals surface area contributed by atoms with Crippen LogP contribution < -0.4 is 0 Å². The topological polar surface area (TPSA) is 82.1 Å². The Morgan fingerprint density at radius 3 is 2.24 bits per heavy atom. The van der Waals surface area contributed by atoms with Crippen LogP contribution in [0.15, 0.2) is 0 Å². The van der Waals surface area contributed by atoms with Crippen molar-refractivity contribution in [2.24, 2.45) is 0 Å². The summed E-state index contributed by atoms with van der Waals surface area (Å²) in [5, 5.41) is 8.88. The molecule has 0 aromatic carbocycles. The van der Waals surface area contributed by atoms with E-state index in [0.29, 0.717) is 13.0 Å². The van der Waals surface area contributed by atoms with Crippen LogP contribution in [-0.4, -0.2) is 49.1 Å². The lowest BCUT2D eigenvalue weighted by atomic mass is 10.3. The Bertz CT molecular complexity index is 240. The molecule has 0 radical (unpaired) electrons. The Kier molecular flexibility index (Phi) is 8.35. The third-order valence-electron chi connectivity index (χ3n) is 1.88.